The Bertz CT molecular complexity index is 1050. The summed E-state index contributed by atoms with van der Waals surface area (Å²) in [6.07, 6.45) is 3.28. The third kappa shape index (κ3) is 5.97. The van der Waals surface area contributed by atoms with Crippen LogP contribution in [-0.2, 0) is 14.8 Å². The molecule has 0 aliphatic carbocycles. The lowest BCUT2D eigenvalue weighted by atomic mass is 10.1. The van der Waals surface area contributed by atoms with Gasteiger partial charge in [-0.3, -0.25) is 4.79 Å². The number of carbonyl (C=O) groups excluding carboxylic acids is 1. The number of hydrogen-bond donors (Lipinski definition) is 1. The maximum Gasteiger partial charge on any atom is 0.262 e. The van der Waals surface area contributed by atoms with Crippen molar-refractivity contribution < 1.29 is 22.7 Å². The Morgan fingerprint density at radius 1 is 1.03 bits per heavy atom. The number of anilines is 2. The molecule has 1 fully saturated rings. The molecule has 0 saturated carbocycles. The Balaban J connectivity index is 1.85. The first-order valence-corrected chi connectivity index (χ1v) is 12.8. The minimum atomic E-state index is -3.66. The number of ether oxygens (including phenoxy) is 2. The van der Waals surface area contributed by atoms with E-state index >= 15 is 0 Å². The van der Waals surface area contributed by atoms with Gasteiger partial charge in [-0.15, -0.1) is 0 Å². The molecule has 3 rings (SSSR count). The van der Waals surface area contributed by atoms with Crippen molar-refractivity contribution in [2.24, 2.45) is 0 Å². The van der Waals surface area contributed by atoms with E-state index < -0.39 is 10.0 Å². The minimum absolute atomic E-state index is 0.160. The highest BCUT2D eigenvalue weighted by Gasteiger charge is 2.24. The SMILES string of the molecule is CCN(CC)S(=O)(=O)c1ccc(N2CCCCC2)c(NC(=O)COc2ccccc2OC)c1. The van der Waals surface area contributed by atoms with Gasteiger partial charge in [0.05, 0.1) is 23.4 Å². The van der Waals surface area contributed by atoms with Gasteiger partial charge in [-0.2, -0.15) is 4.31 Å². The summed E-state index contributed by atoms with van der Waals surface area (Å²) >= 11 is 0. The van der Waals surface area contributed by atoms with E-state index in [9.17, 15) is 13.2 Å². The zero-order valence-corrected chi connectivity index (χ0v) is 20.4. The fraction of sp³-hybridized carbons (Fsp3) is 0.458. The Kier molecular flexibility index (Phi) is 8.57. The second-order valence-electron chi connectivity index (χ2n) is 7.80. The summed E-state index contributed by atoms with van der Waals surface area (Å²) in [5, 5.41) is 2.87. The number of carbonyl (C=O) groups is 1. The van der Waals surface area contributed by atoms with E-state index in [0.717, 1.165) is 31.6 Å². The fourth-order valence-electron chi connectivity index (χ4n) is 3.97. The first-order valence-electron chi connectivity index (χ1n) is 11.4. The van der Waals surface area contributed by atoms with Crippen molar-refractivity contribution in [3.8, 4) is 11.5 Å². The molecule has 0 aromatic heterocycles. The summed E-state index contributed by atoms with van der Waals surface area (Å²) in [7, 11) is -2.12. The topological polar surface area (TPSA) is 88.2 Å². The number of benzene rings is 2. The van der Waals surface area contributed by atoms with Crippen molar-refractivity contribution in [2.45, 2.75) is 38.0 Å². The van der Waals surface area contributed by atoms with E-state index in [2.05, 4.69) is 10.2 Å². The van der Waals surface area contributed by atoms with Gasteiger partial charge in [0, 0.05) is 26.2 Å². The number of nitrogens with one attached hydrogen (secondary N) is 1. The van der Waals surface area contributed by atoms with Crippen LogP contribution in [0, 0.1) is 0 Å². The summed E-state index contributed by atoms with van der Waals surface area (Å²) in [6.45, 7) is 5.86. The Labute approximate surface area is 196 Å². The van der Waals surface area contributed by atoms with Crippen molar-refractivity contribution in [3.63, 3.8) is 0 Å². The van der Waals surface area contributed by atoms with Gasteiger partial charge in [-0.25, -0.2) is 8.42 Å². The number of piperidine rings is 1. The quantitative estimate of drug-likeness (QED) is 0.563. The van der Waals surface area contributed by atoms with Crippen LogP contribution in [0.3, 0.4) is 0 Å². The predicted molar refractivity (Wildman–Crippen MR) is 130 cm³/mol. The van der Waals surface area contributed by atoms with Crippen molar-refractivity contribution in [3.05, 3.63) is 42.5 Å². The molecule has 1 aliphatic heterocycles. The summed E-state index contributed by atoms with van der Waals surface area (Å²) in [4.78, 5) is 15.1. The predicted octanol–water partition coefficient (Wildman–Crippen LogP) is 3.73. The second-order valence-corrected chi connectivity index (χ2v) is 9.74. The lowest BCUT2D eigenvalue weighted by Gasteiger charge is -2.31. The molecule has 0 radical (unpaired) electrons. The highest BCUT2D eigenvalue weighted by atomic mass is 32.2. The molecule has 0 bridgehead atoms. The van der Waals surface area contributed by atoms with Crippen LogP contribution in [0.4, 0.5) is 11.4 Å². The Hall–Kier alpha value is -2.78. The van der Waals surface area contributed by atoms with E-state index in [4.69, 9.17) is 9.47 Å². The summed E-state index contributed by atoms with van der Waals surface area (Å²) < 4.78 is 38.4. The van der Waals surface area contributed by atoms with E-state index in [1.807, 2.05) is 6.07 Å². The zero-order chi connectivity index (χ0) is 23.8. The number of para-hydroxylation sites is 2. The molecule has 2 aromatic rings. The van der Waals surface area contributed by atoms with Crippen molar-refractivity contribution in [1.29, 1.82) is 0 Å². The van der Waals surface area contributed by atoms with Crippen molar-refractivity contribution in [1.82, 2.24) is 4.31 Å². The summed E-state index contributed by atoms with van der Waals surface area (Å²) in [5.41, 5.74) is 1.29. The molecule has 9 heteroatoms. The van der Waals surface area contributed by atoms with Gasteiger partial charge in [0.2, 0.25) is 10.0 Å². The van der Waals surface area contributed by atoms with Gasteiger partial charge in [0.15, 0.2) is 18.1 Å². The smallest absolute Gasteiger partial charge is 0.262 e. The molecule has 1 amide bonds. The Morgan fingerprint density at radius 3 is 2.33 bits per heavy atom. The van der Waals surface area contributed by atoms with Gasteiger partial charge in [0.25, 0.3) is 5.91 Å². The first kappa shape index (κ1) is 24.9. The highest BCUT2D eigenvalue weighted by Crippen LogP contribution is 2.32. The third-order valence-electron chi connectivity index (χ3n) is 5.71. The third-order valence-corrected chi connectivity index (χ3v) is 7.76. The molecule has 0 spiro atoms. The maximum absolute atomic E-state index is 13.1. The van der Waals surface area contributed by atoms with Crippen molar-refractivity contribution in [2.75, 3.05) is 50.1 Å². The highest BCUT2D eigenvalue weighted by molar-refractivity contribution is 7.89. The molecular formula is C24H33N3O5S. The van der Waals surface area contributed by atoms with E-state index in [0.29, 0.717) is 30.3 Å². The maximum atomic E-state index is 13.1. The lowest BCUT2D eigenvalue weighted by molar-refractivity contribution is -0.118. The molecule has 1 heterocycles. The molecule has 8 nitrogen and oxygen atoms in total. The van der Waals surface area contributed by atoms with Crippen LogP contribution in [-0.4, -0.2) is 58.5 Å². The largest absolute Gasteiger partial charge is 0.493 e. The average Bonchev–Trinajstić information content (AvgIpc) is 2.84. The van der Waals surface area contributed by atoms with Crippen LogP contribution in [0.15, 0.2) is 47.4 Å². The van der Waals surface area contributed by atoms with E-state index in [1.165, 1.54) is 17.8 Å². The van der Waals surface area contributed by atoms with Crippen LogP contribution in [0.1, 0.15) is 33.1 Å². The van der Waals surface area contributed by atoms with Gasteiger partial charge < -0.3 is 19.7 Å². The van der Waals surface area contributed by atoms with Gasteiger partial charge in [-0.05, 0) is 49.6 Å². The van der Waals surface area contributed by atoms with Crippen molar-refractivity contribution >= 4 is 27.3 Å². The molecule has 0 unspecified atom stereocenters. The molecule has 33 heavy (non-hydrogen) atoms. The number of nitrogens with zero attached hydrogens (tertiary/aromatic N) is 2. The van der Waals surface area contributed by atoms with Crippen LogP contribution in [0.2, 0.25) is 0 Å². The second kappa shape index (κ2) is 11.4. The minimum Gasteiger partial charge on any atom is -0.493 e. The first-order chi connectivity index (χ1) is 15.9. The molecular weight excluding hydrogens is 442 g/mol. The molecule has 1 saturated heterocycles. The number of sulfonamides is 1. The molecule has 1 N–H and O–H groups in total. The fourth-order valence-corrected chi connectivity index (χ4v) is 5.45. The van der Waals surface area contributed by atoms with Gasteiger partial charge in [0.1, 0.15) is 0 Å². The van der Waals surface area contributed by atoms with Crippen LogP contribution < -0.4 is 19.7 Å². The average molecular weight is 476 g/mol. The van der Waals surface area contributed by atoms with E-state index in [-0.39, 0.29) is 17.4 Å². The number of methoxy groups -OCH3 is 1. The molecule has 2 aromatic carbocycles. The molecule has 0 atom stereocenters. The van der Waals surface area contributed by atoms with Gasteiger partial charge in [-0.1, -0.05) is 26.0 Å². The molecule has 180 valence electrons. The monoisotopic (exact) mass is 475 g/mol. The summed E-state index contributed by atoms with van der Waals surface area (Å²) in [6, 6.07) is 12.1. The number of hydrogen-bond acceptors (Lipinski definition) is 6. The Morgan fingerprint density at radius 2 is 1.70 bits per heavy atom. The van der Waals surface area contributed by atoms with Crippen LogP contribution in [0.25, 0.3) is 0 Å². The summed E-state index contributed by atoms with van der Waals surface area (Å²) in [5.74, 6) is 0.618. The van der Waals surface area contributed by atoms with Gasteiger partial charge >= 0.3 is 0 Å². The number of rotatable bonds is 10. The zero-order valence-electron chi connectivity index (χ0n) is 19.5. The number of amides is 1. The standard InChI is InChI=1S/C24H33N3O5S/c1-4-27(5-2)33(29,30)19-13-14-21(26-15-9-6-10-16-26)20(17-19)25-24(28)18-32-23-12-8-7-11-22(23)31-3/h7-8,11-14,17H,4-6,9-10,15-16,18H2,1-3H3,(H,25,28). The normalized spacial score (nSPS) is 14.2. The lowest BCUT2D eigenvalue weighted by Crippen LogP contribution is -2.32. The molecule has 1 aliphatic rings. The van der Waals surface area contributed by atoms with Crippen LogP contribution >= 0.6 is 0 Å². The van der Waals surface area contributed by atoms with E-state index in [1.54, 1.807) is 50.2 Å². The van der Waals surface area contributed by atoms with Crippen LogP contribution in [0.5, 0.6) is 11.5 Å².